The van der Waals surface area contributed by atoms with Gasteiger partial charge in [0.15, 0.2) is 0 Å². The summed E-state index contributed by atoms with van der Waals surface area (Å²) in [5, 5.41) is 19.1. The summed E-state index contributed by atoms with van der Waals surface area (Å²) >= 11 is 0. The molecule has 1 heterocycles. The van der Waals surface area contributed by atoms with Crippen LogP contribution in [0.1, 0.15) is 25.3 Å². The third-order valence-electron chi connectivity index (χ3n) is 2.67. The van der Waals surface area contributed by atoms with Crippen LogP contribution in [0.4, 0.5) is 4.39 Å². The summed E-state index contributed by atoms with van der Waals surface area (Å²) < 4.78 is 13.2. The molecule has 0 aliphatic heterocycles. The fourth-order valence-corrected chi connectivity index (χ4v) is 1.84. The number of nitrogens with one attached hydrogen (secondary N) is 1. The molecule has 5 nitrogen and oxygen atoms in total. The topological polar surface area (TPSA) is 86.2 Å². The predicted octanol–water partition coefficient (Wildman–Crippen LogP) is 2.11. The van der Waals surface area contributed by atoms with Crippen molar-refractivity contribution in [1.82, 2.24) is 9.97 Å². The lowest BCUT2D eigenvalue weighted by atomic mass is 10.1. The van der Waals surface area contributed by atoms with Gasteiger partial charge in [-0.25, -0.2) is 4.39 Å². The molecule has 0 saturated heterocycles. The van der Waals surface area contributed by atoms with Gasteiger partial charge in [0, 0.05) is 11.6 Å². The molecule has 0 bridgehead atoms. The maximum atomic E-state index is 13.2. The summed E-state index contributed by atoms with van der Waals surface area (Å²) in [6.45, 7) is 3.50. The number of halogens is 1. The van der Waals surface area contributed by atoms with Crippen LogP contribution in [0.15, 0.2) is 23.0 Å². The fourth-order valence-electron chi connectivity index (χ4n) is 1.84. The van der Waals surface area contributed by atoms with E-state index in [9.17, 15) is 19.4 Å². The Morgan fingerprint density at radius 2 is 1.95 bits per heavy atom. The second-order valence-corrected chi connectivity index (χ2v) is 4.50. The number of phenols is 1. The van der Waals surface area contributed by atoms with Gasteiger partial charge in [0.2, 0.25) is 5.88 Å². The molecule has 100 valence electrons. The number of aromatic amines is 1. The first-order chi connectivity index (χ1) is 8.88. The van der Waals surface area contributed by atoms with E-state index in [0.29, 0.717) is 0 Å². The zero-order valence-corrected chi connectivity index (χ0v) is 10.4. The van der Waals surface area contributed by atoms with E-state index in [0.717, 1.165) is 12.1 Å². The summed E-state index contributed by atoms with van der Waals surface area (Å²) in [4.78, 5) is 18.1. The Bertz CT molecular complexity index is 660. The largest absolute Gasteiger partial charge is 0.508 e. The average molecular weight is 264 g/mol. The molecule has 0 aliphatic rings. The Kier molecular flexibility index (Phi) is 3.25. The molecule has 2 rings (SSSR count). The van der Waals surface area contributed by atoms with E-state index >= 15 is 0 Å². The van der Waals surface area contributed by atoms with Gasteiger partial charge in [-0.15, -0.1) is 0 Å². The second kappa shape index (κ2) is 4.72. The third kappa shape index (κ3) is 2.57. The molecule has 1 aromatic heterocycles. The van der Waals surface area contributed by atoms with E-state index in [-0.39, 0.29) is 28.6 Å². The molecule has 0 atom stereocenters. The third-order valence-corrected chi connectivity index (χ3v) is 2.67. The first-order valence-electron chi connectivity index (χ1n) is 5.71. The van der Waals surface area contributed by atoms with Crippen LogP contribution in [0.5, 0.6) is 11.6 Å². The van der Waals surface area contributed by atoms with E-state index in [4.69, 9.17) is 0 Å². The standard InChI is InChI=1S/C13H13FN2O3/c1-6(2)10-12(18)15-11(16-13(10)19)7-3-8(14)5-9(17)4-7/h3-6,17H,1-2H3,(H2,15,16,18,19). The smallest absolute Gasteiger partial charge is 0.258 e. The molecule has 1 aromatic carbocycles. The van der Waals surface area contributed by atoms with E-state index in [1.807, 2.05) is 0 Å². The van der Waals surface area contributed by atoms with Crippen molar-refractivity contribution in [3.05, 3.63) is 39.9 Å². The number of aromatic nitrogens is 2. The van der Waals surface area contributed by atoms with Gasteiger partial charge in [-0.3, -0.25) is 4.79 Å². The number of aromatic hydroxyl groups is 2. The Hall–Kier alpha value is -2.37. The molecule has 0 radical (unpaired) electrons. The molecule has 0 aliphatic carbocycles. The number of benzene rings is 1. The lowest BCUT2D eigenvalue weighted by Crippen LogP contribution is -2.16. The zero-order valence-electron chi connectivity index (χ0n) is 10.4. The van der Waals surface area contributed by atoms with Crippen molar-refractivity contribution in [2.45, 2.75) is 19.8 Å². The van der Waals surface area contributed by atoms with Crippen LogP contribution >= 0.6 is 0 Å². The van der Waals surface area contributed by atoms with Crippen LogP contribution in [0, 0.1) is 5.82 Å². The minimum Gasteiger partial charge on any atom is -0.508 e. The van der Waals surface area contributed by atoms with Crippen molar-refractivity contribution < 1.29 is 14.6 Å². The number of H-pyrrole nitrogens is 1. The average Bonchev–Trinajstić information content (AvgIpc) is 2.25. The van der Waals surface area contributed by atoms with Crippen molar-refractivity contribution >= 4 is 0 Å². The van der Waals surface area contributed by atoms with Crippen LogP contribution in [0.2, 0.25) is 0 Å². The molecule has 6 heteroatoms. The van der Waals surface area contributed by atoms with Gasteiger partial charge >= 0.3 is 0 Å². The normalized spacial score (nSPS) is 10.9. The van der Waals surface area contributed by atoms with Crippen molar-refractivity contribution in [2.24, 2.45) is 0 Å². The Morgan fingerprint density at radius 3 is 2.47 bits per heavy atom. The first-order valence-corrected chi connectivity index (χ1v) is 5.71. The van der Waals surface area contributed by atoms with E-state index in [2.05, 4.69) is 9.97 Å². The highest BCUT2D eigenvalue weighted by molar-refractivity contribution is 5.58. The summed E-state index contributed by atoms with van der Waals surface area (Å²) in [6.07, 6.45) is 0. The number of phenolic OH excluding ortho intramolecular Hbond substituents is 1. The van der Waals surface area contributed by atoms with Gasteiger partial charge in [-0.1, -0.05) is 13.8 Å². The van der Waals surface area contributed by atoms with Gasteiger partial charge in [0.25, 0.3) is 5.56 Å². The SMILES string of the molecule is CC(C)c1c(O)nc(-c2cc(O)cc(F)c2)[nH]c1=O. The van der Waals surface area contributed by atoms with Gasteiger partial charge < -0.3 is 15.2 Å². The van der Waals surface area contributed by atoms with Gasteiger partial charge in [0.05, 0.1) is 5.56 Å². The fraction of sp³-hybridized carbons (Fsp3) is 0.231. The highest BCUT2D eigenvalue weighted by Gasteiger charge is 2.15. The maximum Gasteiger partial charge on any atom is 0.258 e. The highest BCUT2D eigenvalue weighted by Crippen LogP contribution is 2.25. The Morgan fingerprint density at radius 1 is 1.26 bits per heavy atom. The molecule has 3 N–H and O–H groups in total. The van der Waals surface area contributed by atoms with Crippen molar-refractivity contribution in [2.75, 3.05) is 0 Å². The monoisotopic (exact) mass is 264 g/mol. The second-order valence-electron chi connectivity index (χ2n) is 4.50. The minimum absolute atomic E-state index is 0.00157. The number of hydrogen-bond donors (Lipinski definition) is 3. The zero-order chi connectivity index (χ0) is 14.2. The lowest BCUT2D eigenvalue weighted by molar-refractivity contribution is 0.440. The number of hydrogen-bond acceptors (Lipinski definition) is 4. The van der Waals surface area contributed by atoms with Gasteiger partial charge in [-0.05, 0) is 18.1 Å². The Balaban J connectivity index is 2.62. The summed E-state index contributed by atoms with van der Waals surface area (Å²) in [6, 6.07) is 3.28. The van der Waals surface area contributed by atoms with Crippen molar-refractivity contribution in [1.29, 1.82) is 0 Å². The molecule has 0 fully saturated rings. The molecular weight excluding hydrogens is 251 g/mol. The van der Waals surface area contributed by atoms with Crippen molar-refractivity contribution in [3.63, 3.8) is 0 Å². The predicted molar refractivity (Wildman–Crippen MR) is 67.7 cm³/mol. The van der Waals surface area contributed by atoms with Crippen molar-refractivity contribution in [3.8, 4) is 23.0 Å². The molecule has 0 unspecified atom stereocenters. The number of nitrogens with zero attached hydrogens (tertiary/aromatic N) is 1. The van der Waals surface area contributed by atoms with Crippen LogP contribution in [0.3, 0.4) is 0 Å². The van der Waals surface area contributed by atoms with Crippen LogP contribution in [-0.4, -0.2) is 20.2 Å². The van der Waals surface area contributed by atoms with Crippen LogP contribution < -0.4 is 5.56 Å². The molecule has 0 spiro atoms. The molecule has 0 amide bonds. The van der Waals surface area contributed by atoms with E-state index in [1.165, 1.54) is 6.07 Å². The molecule has 19 heavy (non-hydrogen) atoms. The van der Waals surface area contributed by atoms with Gasteiger partial charge in [-0.2, -0.15) is 4.98 Å². The van der Waals surface area contributed by atoms with E-state index < -0.39 is 17.3 Å². The number of rotatable bonds is 2. The lowest BCUT2D eigenvalue weighted by Gasteiger charge is -2.08. The molecule has 2 aromatic rings. The van der Waals surface area contributed by atoms with E-state index in [1.54, 1.807) is 13.8 Å². The summed E-state index contributed by atoms with van der Waals surface area (Å²) in [5.74, 6) is -1.53. The highest BCUT2D eigenvalue weighted by atomic mass is 19.1. The molecule has 0 saturated carbocycles. The summed E-state index contributed by atoms with van der Waals surface area (Å²) in [7, 11) is 0. The maximum absolute atomic E-state index is 13.2. The quantitative estimate of drug-likeness (QED) is 0.775. The summed E-state index contributed by atoms with van der Waals surface area (Å²) in [5.41, 5.74) is -0.133. The van der Waals surface area contributed by atoms with Crippen LogP contribution in [-0.2, 0) is 0 Å². The van der Waals surface area contributed by atoms with Gasteiger partial charge in [0.1, 0.15) is 17.4 Å². The minimum atomic E-state index is -0.662. The van der Waals surface area contributed by atoms with Crippen LogP contribution in [0.25, 0.3) is 11.4 Å². The molecular formula is C13H13FN2O3. The Labute approximate surface area is 108 Å². The first kappa shape index (κ1) is 13.1.